The lowest BCUT2D eigenvalue weighted by atomic mass is 10.1. The molecule has 0 spiro atoms. The molecule has 2 amide bonds. The predicted octanol–water partition coefficient (Wildman–Crippen LogP) is 0.741. The number of thioether (sulfide) groups is 1. The maximum Gasteiger partial charge on any atom is 0.331 e. The number of amides is 2. The predicted molar refractivity (Wildman–Crippen MR) is 75.6 cm³/mol. The summed E-state index contributed by atoms with van der Waals surface area (Å²) in [6.45, 7) is 0.555. The Morgan fingerprint density at radius 1 is 1.60 bits per heavy atom. The Morgan fingerprint density at radius 3 is 2.75 bits per heavy atom. The molecule has 7 nitrogen and oxygen atoms in total. The number of carbonyl (C=O) groups is 2. The van der Waals surface area contributed by atoms with Gasteiger partial charge in [-0.05, 0) is 19.1 Å². The van der Waals surface area contributed by atoms with Crippen LogP contribution < -0.4 is 10.6 Å². The Bertz CT molecular complexity index is 513. The standard InChI is InChI=1S/C12H18N4O3S/c1-16-6-8(5-14-16)9(10(17)18)15-11(19)13-7-12(20-2)3-4-12/h5-6,9H,3-4,7H2,1-2H3,(H,17,18)(H2,13,15,19). The molecule has 1 unspecified atom stereocenters. The molecule has 0 radical (unpaired) electrons. The van der Waals surface area contributed by atoms with E-state index < -0.39 is 18.0 Å². The Balaban J connectivity index is 1.91. The SMILES string of the molecule is CSC1(CNC(=O)NC(C(=O)O)c2cnn(C)c2)CC1. The molecule has 0 saturated heterocycles. The molecule has 1 atom stereocenters. The minimum Gasteiger partial charge on any atom is -0.479 e. The molecule has 1 aliphatic rings. The quantitative estimate of drug-likeness (QED) is 0.720. The van der Waals surface area contributed by atoms with Crippen LogP contribution in [0.3, 0.4) is 0 Å². The van der Waals surface area contributed by atoms with Gasteiger partial charge in [-0.25, -0.2) is 9.59 Å². The molecule has 110 valence electrons. The average Bonchev–Trinajstić information content (AvgIpc) is 3.08. The lowest BCUT2D eigenvalue weighted by Gasteiger charge is -2.16. The molecule has 2 rings (SSSR count). The van der Waals surface area contributed by atoms with E-state index in [1.165, 1.54) is 10.9 Å². The van der Waals surface area contributed by atoms with E-state index in [2.05, 4.69) is 15.7 Å². The van der Waals surface area contributed by atoms with Crippen LogP contribution in [-0.2, 0) is 11.8 Å². The van der Waals surface area contributed by atoms with Gasteiger partial charge in [-0.3, -0.25) is 4.68 Å². The number of nitrogens with zero attached hydrogens (tertiary/aromatic N) is 2. The third-order valence-corrected chi connectivity index (χ3v) is 4.81. The van der Waals surface area contributed by atoms with E-state index in [1.54, 1.807) is 25.0 Å². The van der Waals surface area contributed by atoms with Gasteiger partial charge in [0, 0.05) is 30.1 Å². The molecule has 3 N–H and O–H groups in total. The minimum absolute atomic E-state index is 0.143. The second kappa shape index (κ2) is 5.74. The summed E-state index contributed by atoms with van der Waals surface area (Å²) >= 11 is 1.73. The summed E-state index contributed by atoms with van der Waals surface area (Å²) in [5.74, 6) is -1.11. The second-order valence-electron chi connectivity index (χ2n) is 4.93. The number of aryl methyl sites for hydroxylation is 1. The van der Waals surface area contributed by atoms with E-state index >= 15 is 0 Å². The van der Waals surface area contributed by atoms with E-state index in [9.17, 15) is 14.7 Å². The summed E-state index contributed by atoms with van der Waals surface area (Å²) in [6.07, 6.45) is 7.19. The Morgan fingerprint density at radius 2 is 2.30 bits per heavy atom. The molecular formula is C12H18N4O3S. The summed E-state index contributed by atoms with van der Waals surface area (Å²) in [5.41, 5.74) is 0.446. The van der Waals surface area contributed by atoms with Crippen molar-refractivity contribution < 1.29 is 14.7 Å². The molecule has 1 fully saturated rings. The largest absolute Gasteiger partial charge is 0.479 e. The van der Waals surface area contributed by atoms with Gasteiger partial charge in [-0.15, -0.1) is 0 Å². The fraction of sp³-hybridized carbons (Fsp3) is 0.583. The van der Waals surface area contributed by atoms with Gasteiger partial charge in [0.05, 0.1) is 6.20 Å². The van der Waals surface area contributed by atoms with Crippen LogP contribution in [0.15, 0.2) is 12.4 Å². The van der Waals surface area contributed by atoms with E-state index in [0.29, 0.717) is 12.1 Å². The molecule has 1 aromatic heterocycles. The lowest BCUT2D eigenvalue weighted by molar-refractivity contribution is -0.139. The molecule has 0 aliphatic heterocycles. The van der Waals surface area contributed by atoms with E-state index in [-0.39, 0.29) is 4.75 Å². The van der Waals surface area contributed by atoms with Gasteiger partial charge in [-0.1, -0.05) is 0 Å². The van der Waals surface area contributed by atoms with Crippen molar-refractivity contribution in [3.63, 3.8) is 0 Å². The van der Waals surface area contributed by atoms with Crippen LogP contribution >= 0.6 is 11.8 Å². The summed E-state index contributed by atoms with van der Waals surface area (Å²) in [4.78, 5) is 23.0. The number of aromatic nitrogens is 2. The van der Waals surface area contributed by atoms with Crippen LogP contribution in [0.1, 0.15) is 24.4 Å². The molecule has 8 heteroatoms. The number of rotatable bonds is 6. The molecular weight excluding hydrogens is 280 g/mol. The van der Waals surface area contributed by atoms with Crippen molar-refractivity contribution in [3.8, 4) is 0 Å². The zero-order valence-electron chi connectivity index (χ0n) is 11.4. The van der Waals surface area contributed by atoms with Crippen molar-refractivity contribution in [2.45, 2.75) is 23.6 Å². The molecule has 0 aromatic carbocycles. The topological polar surface area (TPSA) is 96.2 Å². The van der Waals surface area contributed by atoms with E-state index in [4.69, 9.17) is 0 Å². The molecule has 0 bridgehead atoms. The number of hydrogen-bond acceptors (Lipinski definition) is 4. The molecule has 1 heterocycles. The van der Waals surface area contributed by atoms with Crippen LogP contribution in [0.2, 0.25) is 0 Å². The van der Waals surface area contributed by atoms with Crippen molar-refractivity contribution in [2.24, 2.45) is 7.05 Å². The average molecular weight is 298 g/mol. The fourth-order valence-electron chi connectivity index (χ4n) is 1.89. The first kappa shape index (κ1) is 14.7. The maximum absolute atomic E-state index is 11.8. The lowest BCUT2D eigenvalue weighted by Crippen LogP contribution is -2.43. The number of hydrogen-bond donors (Lipinski definition) is 3. The Labute approximate surface area is 121 Å². The number of aliphatic carboxylic acids is 1. The van der Waals surface area contributed by atoms with Crippen LogP contribution in [-0.4, -0.2) is 44.4 Å². The monoisotopic (exact) mass is 298 g/mol. The zero-order chi connectivity index (χ0) is 14.8. The van der Waals surface area contributed by atoms with Crippen molar-refractivity contribution in [1.82, 2.24) is 20.4 Å². The summed E-state index contributed by atoms with van der Waals surface area (Å²) < 4.78 is 1.64. The fourth-order valence-corrected chi connectivity index (χ4v) is 2.62. The van der Waals surface area contributed by atoms with Gasteiger partial charge in [0.1, 0.15) is 0 Å². The first-order valence-corrected chi connectivity index (χ1v) is 7.49. The molecule has 1 aromatic rings. The second-order valence-corrected chi connectivity index (χ2v) is 6.21. The van der Waals surface area contributed by atoms with Crippen molar-refractivity contribution in [2.75, 3.05) is 12.8 Å². The van der Waals surface area contributed by atoms with Gasteiger partial charge in [0.2, 0.25) is 0 Å². The van der Waals surface area contributed by atoms with Gasteiger partial charge in [-0.2, -0.15) is 16.9 Å². The molecule has 20 heavy (non-hydrogen) atoms. The normalized spacial score (nSPS) is 17.3. The highest BCUT2D eigenvalue weighted by Gasteiger charge is 2.42. The highest BCUT2D eigenvalue weighted by atomic mass is 32.2. The van der Waals surface area contributed by atoms with Gasteiger partial charge < -0.3 is 15.7 Å². The number of carbonyl (C=O) groups excluding carboxylic acids is 1. The smallest absolute Gasteiger partial charge is 0.331 e. The first-order chi connectivity index (χ1) is 9.46. The van der Waals surface area contributed by atoms with E-state index in [1.807, 2.05) is 6.26 Å². The van der Waals surface area contributed by atoms with Gasteiger partial charge >= 0.3 is 12.0 Å². The van der Waals surface area contributed by atoms with Crippen LogP contribution in [0.5, 0.6) is 0 Å². The summed E-state index contributed by atoms with van der Waals surface area (Å²) in [7, 11) is 1.69. The third-order valence-electron chi connectivity index (χ3n) is 3.39. The Hall–Kier alpha value is -1.70. The zero-order valence-corrected chi connectivity index (χ0v) is 12.2. The third kappa shape index (κ3) is 3.44. The summed E-state index contributed by atoms with van der Waals surface area (Å²) in [6, 6.07) is -1.56. The Kier molecular flexibility index (Phi) is 4.22. The van der Waals surface area contributed by atoms with Crippen molar-refractivity contribution in [3.05, 3.63) is 18.0 Å². The first-order valence-electron chi connectivity index (χ1n) is 6.27. The molecule has 1 aliphatic carbocycles. The summed E-state index contributed by atoms with van der Waals surface area (Å²) in [5, 5.41) is 18.3. The number of urea groups is 1. The van der Waals surface area contributed by atoms with Crippen LogP contribution in [0.4, 0.5) is 4.79 Å². The molecule has 1 saturated carbocycles. The van der Waals surface area contributed by atoms with Gasteiger partial charge in [0.15, 0.2) is 6.04 Å². The number of carboxylic acid groups (broad SMARTS) is 1. The highest BCUT2D eigenvalue weighted by Crippen LogP contribution is 2.46. The number of nitrogens with one attached hydrogen (secondary N) is 2. The van der Waals surface area contributed by atoms with Crippen molar-refractivity contribution in [1.29, 1.82) is 0 Å². The van der Waals surface area contributed by atoms with E-state index in [0.717, 1.165) is 12.8 Å². The number of carboxylic acids is 1. The van der Waals surface area contributed by atoms with Crippen LogP contribution in [0, 0.1) is 0 Å². The van der Waals surface area contributed by atoms with Crippen LogP contribution in [0.25, 0.3) is 0 Å². The highest BCUT2D eigenvalue weighted by molar-refractivity contribution is 8.00. The van der Waals surface area contributed by atoms with Gasteiger partial charge in [0.25, 0.3) is 0 Å². The van der Waals surface area contributed by atoms with Crippen molar-refractivity contribution >= 4 is 23.8 Å². The minimum atomic E-state index is -1.11. The maximum atomic E-state index is 11.8.